The molecule has 2 heterocycles. The fourth-order valence-electron chi connectivity index (χ4n) is 2.88. The van der Waals surface area contributed by atoms with Crippen LogP contribution in [0.25, 0.3) is 0 Å². The molecule has 1 aromatic rings. The van der Waals surface area contributed by atoms with Crippen molar-refractivity contribution in [1.82, 2.24) is 14.5 Å². The highest BCUT2D eigenvalue weighted by molar-refractivity contribution is 5.30. The molecule has 1 aliphatic carbocycles. The molecule has 1 aromatic heterocycles. The van der Waals surface area contributed by atoms with E-state index in [9.17, 15) is 0 Å². The van der Waals surface area contributed by atoms with Gasteiger partial charge in [0.2, 0.25) is 5.95 Å². The van der Waals surface area contributed by atoms with Crippen molar-refractivity contribution in [2.24, 2.45) is 5.92 Å². The lowest BCUT2D eigenvalue weighted by Crippen LogP contribution is -2.23. The Balaban J connectivity index is 1.56. The lowest BCUT2D eigenvalue weighted by atomic mass is 10.1. The summed E-state index contributed by atoms with van der Waals surface area (Å²) in [5.41, 5.74) is 1.13. The van der Waals surface area contributed by atoms with Crippen molar-refractivity contribution in [1.29, 1.82) is 0 Å². The Morgan fingerprint density at radius 2 is 2.22 bits per heavy atom. The van der Waals surface area contributed by atoms with E-state index in [1.165, 1.54) is 38.9 Å². The van der Waals surface area contributed by atoms with Crippen LogP contribution in [0, 0.1) is 12.8 Å². The van der Waals surface area contributed by atoms with Crippen LogP contribution in [0.4, 0.5) is 5.95 Å². The van der Waals surface area contributed by atoms with Crippen molar-refractivity contribution in [2.75, 3.05) is 31.5 Å². The fraction of sp³-hybridized carbons (Fsp3) is 0.786. The van der Waals surface area contributed by atoms with E-state index < -0.39 is 0 Å². The van der Waals surface area contributed by atoms with Crippen molar-refractivity contribution in [2.45, 2.75) is 39.2 Å². The smallest absolute Gasteiger partial charge is 0.203 e. The van der Waals surface area contributed by atoms with Gasteiger partial charge < -0.3 is 14.8 Å². The second kappa shape index (κ2) is 4.92. The monoisotopic (exact) mass is 248 g/mol. The van der Waals surface area contributed by atoms with E-state index in [4.69, 9.17) is 0 Å². The quantitative estimate of drug-likeness (QED) is 0.868. The number of nitrogens with one attached hydrogen (secondary N) is 1. The molecule has 0 spiro atoms. The highest BCUT2D eigenvalue weighted by Gasteiger charge is 2.27. The van der Waals surface area contributed by atoms with E-state index in [2.05, 4.69) is 39.8 Å². The molecule has 1 atom stereocenters. The van der Waals surface area contributed by atoms with Crippen LogP contribution in [-0.4, -0.2) is 40.6 Å². The van der Waals surface area contributed by atoms with E-state index in [0.717, 1.165) is 24.1 Å². The molecule has 1 N–H and O–H groups in total. The molecule has 4 nitrogen and oxygen atoms in total. The molecule has 1 unspecified atom stereocenters. The van der Waals surface area contributed by atoms with Crippen LogP contribution in [0.3, 0.4) is 0 Å². The molecule has 1 saturated carbocycles. The summed E-state index contributed by atoms with van der Waals surface area (Å²) in [4.78, 5) is 7.14. The maximum absolute atomic E-state index is 4.61. The molecule has 2 aliphatic rings. The van der Waals surface area contributed by atoms with Gasteiger partial charge in [-0.15, -0.1) is 0 Å². The average Bonchev–Trinajstić information content (AvgIpc) is 2.99. The first kappa shape index (κ1) is 12.0. The molecule has 100 valence electrons. The Morgan fingerprint density at radius 3 is 2.89 bits per heavy atom. The summed E-state index contributed by atoms with van der Waals surface area (Å²) in [5.74, 6) is 1.87. The van der Waals surface area contributed by atoms with Gasteiger partial charge in [-0.1, -0.05) is 6.92 Å². The molecule has 4 heteroatoms. The number of hydrogen-bond donors (Lipinski definition) is 1. The summed E-state index contributed by atoms with van der Waals surface area (Å²) in [6.07, 6.45) is 6.14. The number of aromatic nitrogens is 2. The third-order valence-corrected chi connectivity index (χ3v) is 4.16. The number of anilines is 1. The average molecular weight is 248 g/mol. The molecule has 1 aliphatic heterocycles. The van der Waals surface area contributed by atoms with Gasteiger partial charge in [-0.05, 0) is 45.2 Å². The molecular weight excluding hydrogens is 224 g/mol. The molecule has 0 amide bonds. The Hall–Kier alpha value is -1.03. The predicted molar refractivity (Wildman–Crippen MR) is 73.9 cm³/mol. The summed E-state index contributed by atoms with van der Waals surface area (Å²) < 4.78 is 2.34. The first-order chi connectivity index (χ1) is 8.76. The van der Waals surface area contributed by atoms with Crippen molar-refractivity contribution < 1.29 is 0 Å². The molecule has 18 heavy (non-hydrogen) atoms. The van der Waals surface area contributed by atoms with E-state index in [0.29, 0.717) is 6.04 Å². The van der Waals surface area contributed by atoms with Crippen LogP contribution in [0.2, 0.25) is 0 Å². The second-order valence-corrected chi connectivity index (χ2v) is 5.77. The standard InChI is InChI=1S/C14H24N4/c1-3-17-7-6-12(10-17)8-15-14-16-11(2)9-18(14)13-4-5-13/h9,12-13H,3-8,10H2,1-2H3,(H,15,16). The molecule has 0 bridgehead atoms. The minimum absolute atomic E-state index is 0.712. The molecule has 0 radical (unpaired) electrons. The van der Waals surface area contributed by atoms with Crippen LogP contribution in [-0.2, 0) is 0 Å². The van der Waals surface area contributed by atoms with Gasteiger partial charge >= 0.3 is 0 Å². The topological polar surface area (TPSA) is 33.1 Å². The third kappa shape index (κ3) is 2.53. The van der Waals surface area contributed by atoms with Crippen LogP contribution < -0.4 is 5.32 Å². The first-order valence-corrected chi connectivity index (χ1v) is 7.28. The Labute approximate surface area is 109 Å². The Bertz CT molecular complexity index is 408. The number of nitrogens with zero attached hydrogens (tertiary/aromatic N) is 3. The molecule has 1 saturated heterocycles. The van der Waals surface area contributed by atoms with Gasteiger partial charge in [-0.25, -0.2) is 4.98 Å². The number of imidazole rings is 1. The van der Waals surface area contributed by atoms with Gasteiger partial charge in [0, 0.05) is 25.3 Å². The SMILES string of the molecule is CCN1CCC(CNc2nc(C)cn2C2CC2)C1. The lowest BCUT2D eigenvalue weighted by Gasteiger charge is -2.14. The van der Waals surface area contributed by atoms with Crippen LogP contribution in [0.15, 0.2) is 6.20 Å². The highest BCUT2D eigenvalue weighted by Crippen LogP contribution is 2.37. The van der Waals surface area contributed by atoms with Crippen molar-refractivity contribution in [3.63, 3.8) is 0 Å². The van der Waals surface area contributed by atoms with Crippen molar-refractivity contribution >= 4 is 5.95 Å². The molecular formula is C14H24N4. The maximum Gasteiger partial charge on any atom is 0.203 e. The number of likely N-dealkylation sites (tertiary alicyclic amines) is 1. The zero-order chi connectivity index (χ0) is 12.5. The van der Waals surface area contributed by atoms with E-state index in [-0.39, 0.29) is 0 Å². The largest absolute Gasteiger partial charge is 0.355 e. The van der Waals surface area contributed by atoms with E-state index in [1.807, 2.05) is 0 Å². The van der Waals surface area contributed by atoms with Gasteiger partial charge in [0.15, 0.2) is 0 Å². The zero-order valence-electron chi connectivity index (χ0n) is 11.5. The second-order valence-electron chi connectivity index (χ2n) is 5.77. The number of rotatable bonds is 5. The molecule has 0 aromatic carbocycles. The fourth-order valence-corrected chi connectivity index (χ4v) is 2.88. The number of hydrogen-bond acceptors (Lipinski definition) is 3. The molecule has 2 fully saturated rings. The van der Waals surface area contributed by atoms with E-state index >= 15 is 0 Å². The lowest BCUT2D eigenvalue weighted by molar-refractivity contribution is 0.344. The third-order valence-electron chi connectivity index (χ3n) is 4.16. The minimum Gasteiger partial charge on any atom is -0.355 e. The maximum atomic E-state index is 4.61. The van der Waals surface area contributed by atoms with Crippen LogP contribution in [0.1, 0.15) is 37.9 Å². The summed E-state index contributed by atoms with van der Waals surface area (Å²) in [6, 6.07) is 0.712. The molecule has 3 rings (SSSR count). The summed E-state index contributed by atoms with van der Waals surface area (Å²) in [5, 5.41) is 3.57. The van der Waals surface area contributed by atoms with Crippen LogP contribution >= 0.6 is 0 Å². The zero-order valence-corrected chi connectivity index (χ0v) is 11.5. The van der Waals surface area contributed by atoms with E-state index in [1.54, 1.807) is 0 Å². The van der Waals surface area contributed by atoms with Gasteiger partial charge in [-0.2, -0.15) is 0 Å². The minimum atomic E-state index is 0.712. The van der Waals surface area contributed by atoms with Crippen LogP contribution in [0.5, 0.6) is 0 Å². The van der Waals surface area contributed by atoms with Gasteiger partial charge in [0.05, 0.1) is 5.69 Å². The first-order valence-electron chi connectivity index (χ1n) is 7.28. The van der Waals surface area contributed by atoms with Crippen molar-refractivity contribution in [3.05, 3.63) is 11.9 Å². The Kier molecular flexibility index (Phi) is 3.29. The normalized spacial score (nSPS) is 24.7. The number of aryl methyl sites for hydroxylation is 1. The highest BCUT2D eigenvalue weighted by atomic mass is 15.2. The van der Waals surface area contributed by atoms with Gasteiger partial charge in [-0.3, -0.25) is 0 Å². The van der Waals surface area contributed by atoms with Crippen molar-refractivity contribution in [3.8, 4) is 0 Å². The van der Waals surface area contributed by atoms with Gasteiger partial charge in [0.25, 0.3) is 0 Å². The van der Waals surface area contributed by atoms with Gasteiger partial charge in [0.1, 0.15) is 0 Å². The summed E-state index contributed by atoms with van der Waals surface area (Å²) in [6.45, 7) is 9.09. The summed E-state index contributed by atoms with van der Waals surface area (Å²) in [7, 11) is 0. The Morgan fingerprint density at radius 1 is 1.39 bits per heavy atom. The predicted octanol–water partition coefficient (Wildman–Crippen LogP) is 2.28. The summed E-state index contributed by atoms with van der Waals surface area (Å²) >= 11 is 0.